The first kappa shape index (κ1) is 72.1. The summed E-state index contributed by atoms with van der Waals surface area (Å²) < 4.78 is 22.9. The molecule has 9 N–H and O–H groups in total. The third-order valence-electron chi connectivity index (χ3n) is 16.6. The number of unbranched alkanes of at least 4 members (excludes halogenated alkanes) is 41. The SMILES string of the molecule is CCCCCCCCCCCCCCCCCCCCCCCCCCCCC(=O)N[C@@H](CO[C@@H]1O[C@H](CO)[C@@H](O[C@@H]2O[C@H](CO)[C@H](O)C(O)C2O)C(O)C1O)[C@H](O)CCCCCCCCCCCCCCCCCCC. The van der Waals surface area contributed by atoms with E-state index in [0.717, 1.165) is 51.4 Å². The van der Waals surface area contributed by atoms with Crippen molar-refractivity contribution in [2.75, 3.05) is 19.8 Å². The van der Waals surface area contributed by atoms with Crippen LogP contribution in [-0.4, -0.2) is 140 Å². The minimum atomic E-state index is -1.78. The van der Waals surface area contributed by atoms with E-state index >= 15 is 0 Å². The second-order valence-electron chi connectivity index (χ2n) is 23.6. The van der Waals surface area contributed by atoms with E-state index in [2.05, 4.69) is 19.2 Å². The van der Waals surface area contributed by atoms with Crippen LogP contribution in [0.4, 0.5) is 0 Å². The Bertz CT molecular complexity index is 1300. The maximum Gasteiger partial charge on any atom is 0.220 e. The van der Waals surface area contributed by atoms with Crippen molar-refractivity contribution in [1.82, 2.24) is 5.32 Å². The summed E-state index contributed by atoms with van der Waals surface area (Å²) in [7, 11) is 0. The van der Waals surface area contributed by atoms with Gasteiger partial charge in [0, 0.05) is 6.42 Å². The predicted octanol–water partition coefficient (Wildman–Crippen LogP) is 12.1. The summed E-state index contributed by atoms with van der Waals surface area (Å²) in [6.07, 6.45) is 39.7. The molecule has 2 fully saturated rings. The van der Waals surface area contributed by atoms with Gasteiger partial charge in [0.15, 0.2) is 12.6 Å². The number of nitrogens with one attached hydrogen (secondary N) is 1. The fraction of sp³-hybridized carbons (Fsp3) is 0.984. The quantitative estimate of drug-likeness (QED) is 0.0259. The number of carbonyl (C=O) groups excluding carboxylic acids is 1. The zero-order valence-corrected chi connectivity index (χ0v) is 49.5. The molecule has 12 atom stereocenters. The molecule has 0 bridgehead atoms. The van der Waals surface area contributed by atoms with Crippen LogP contribution < -0.4 is 5.32 Å². The van der Waals surface area contributed by atoms with Gasteiger partial charge >= 0.3 is 0 Å². The van der Waals surface area contributed by atoms with Crippen LogP contribution in [0.15, 0.2) is 0 Å². The highest BCUT2D eigenvalue weighted by Gasteiger charge is 2.51. The molecule has 14 heteroatoms. The Morgan fingerprint density at radius 1 is 0.416 bits per heavy atom. The van der Waals surface area contributed by atoms with Gasteiger partial charge in [-0.1, -0.05) is 284 Å². The molecule has 0 saturated carbocycles. The molecule has 458 valence electrons. The Morgan fingerprint density at radius 2 is 0.740 bits per heavy atom. The Morgan fingerprint density at radius 3 is 1.10 bits per heavy atom. The molecule has 4 unspecified atom stereocenters. The first-order valence-electron chi connectivity index (χ1n) is 32.8. The summed E-state index contributed by atoms with van der Waals surface area (Å²) in [5.74, 6) is -0.198. The summed E-state index contributed by atoms with van der Waals surface area (Å²) in [6, 6.07) is -0.823. The first-order valence-corrected chi connectivity index (χ1v) is 32.8. The van der Waals surface area contributed by atoms with Crippen LogP contribution in [-0.2, 0) is 23.7 Å². The Labute approximate surface area is 470 Å². The highest BCUT2D eigenvalue weighted by molar-refractivity contribution is 5.76. The maximum absolute atomic E-state index is 13.3. The van der Waals surface area contributed by atoms with Gasteiger partial charge in [-0.3, -0.25) is 4.79 Å². The molecule has 2 aliphatic heterocycles. The second kappa shape index (κ2) is 49.6. The molecule has 2 saturated heterocycles. The van der Waals surface area contributed by atoms with Gasteiger partial charge in [-0.15, -0.1) is 0 Å². The number of amides is 1. The zero-order chi connectivity index (χ0) is 56.0. The lowest BCUT2D eigenvalue weighted by Crippen LogP contribution is -2.65. The molecule has 0 radical (unpaired) electrons. The topological polar surface area (TPSA) is 228 Å². The van der Waals surface area contributed by atoms with E-state index in [4.69, 9.17) is 18.9 Å². The Balaban J connectivity index is 1.68. The molecular formula is C63H123NO13. The van der Waals surface area contributed by atoms with Gasteiger partial charge in [-0.05, 0) is 12.8 Å². The number of rotatable bonds is 54. The third-order valence-corrected chi connectivity index (χ3v) is 16.6. The van der Waals surface area contributed by atoms with Gasteiger partial charge < -0.3 is 65.1 Å². The monoisotopic (exact) mass is 1100 g/mol. The van der Waals surface area contributed by atoms with Crippen molar-refractivity contribution < 1.29 is 64.6 Å². The molecule has 14 nitrogen and oxygen atoms in total. The van der Waals surface area contributed by atoms with E-state index < -0.39 is 86.8 Å². The molecule has 0 aromatic rings. The van der Waals surface area contributed by atoms with Crippen molar-refractivity contribution in [1.29, 1.82) is 0 Å². The smallest absolute Gasteiger partial charge is 0.220 e. The molecule has 1 amide bonds. The van der Waals surface area contributed by atoms with Gasteiger partial charge in [0.05, 0.1) is 32.0 Å². The summed E-state index contributed by atoms with van der Waals surface area (Å²) in [5.41, 5.74) is 0. The summed E-state index contributed by atoms with van der Waals surface area (Å²) in [6.45, 7) is 2.91. The fourth-order valence-corrected chi connectivity index (χ4v) is 11.3. The van der Waals surface area contributed by atoms with Crippen LogP contribution >= 0.6 is 0 Å². The van der Waals surface area contributed by atoms with Crippen molar-refractivity contribution in [3.63, 3.8) is 0 Å². The van der Waals surface area contributed by atoms with E-state index in [1.807, 2.05) is 0 Å². The number of aliphatic hydroxyl groups is 8. The average Bonchev–Trinajstić information content (AvgIpc) is 3.43. The van der Waals surface area contributed by atoms with Crippen LogP contribution in [0.3, 0.4) is 0 Å². The van der Waals surface area contributed by atoms with Gasteiger partial charge in [0.2, 0.25) is 5.91 Å². The molecule has 0 aromatic carbocycles. The molecule has 2 heterocycles. The van der Waals surface area contributed by atoms with Crippen LogP contribution in [0, 0.1) is 0 Å². The van der Waals surface area contributed by atoms with Crippen molar-refractivity contribution in [2.45, 2.75) is 376 Å². The average molecular weight is 1100 g/mol. The molecule has 2 aliphatic rings. The molecule has 0 aromatic heterocycles. The van der Waals surface area contributed by atoms with Crippen molar-refractivity contribution in [3.05, 3.63) is 0 Å². The fourth-order valence-electron chi connectivity index (χ4n) is 11.3. The van der Waals surface area contributed by atoms with E-state index in [-0.39, 0.29) is 12.5 Å². The number of aliphatic hydroxyl groups excluding tert-OH is 8. The molecule has 0 spiro atoms. The Hall–Kier alpha value is -1.01. The van der Waals surface area contributed by atoms with Gasteiger partial charge in [0.25, 0.3) is 0 Å². The Kier molecular flexibility index (Phi) is 46.4. The van der Waals surface area contributed by atoms with Crippen LogP contribution in [0.25, 0.3) is 0 Å². The van der Waals surface area contributed by atoms with Crippen LogP contribution in [0.5, 0.6) is 0 Å². The van der Waals surface area contributed by atoms with Crippen LogP contribution in [0.1, 0.15) is 303 Å². The predicted molar refractivity (Wildman–Crippen MR) is 309 cm³/mol. The highest BCUT2D eigenvalue weighted by atomic mass is 16.7. The summed E-state index contributed by atoms with van der Waals surface area (Å²) in [5, 5.41) is 87.4. The maximum atomic E-state index is 13.3. The van der Waals surface area contributed by atoms with E-state index in [0.29, 0.717) is 12.8 Å². The van der Waals surface area contributed by atoms with Gasteiger partial charge in [-0.2, -0.15) is 0 Å². The largest absolute Gasteiger partial charge is 0.394 e. The highest BCUT2D eigenvalue weighted by Crippen LogP contribution is 2.30. The van der Waals surface area contributed by atoms with Crippen LogP contribution in [0.2, 0.25) is 0 Å². The van der Waals surface area contributed by atoms with E-state index in [1.54, 1.807) is 0 Å². The summed E-state index contributed by atoms with van der Waals surface area (Å²) in [4.78, 5) is 13.3. The lowest BCUT2D eigenvalue weighted by Gasteiger charge is -2.46. The second-order valence-corrected chi connectivity index (χ2v) is 23.6. The number of hydrogen-bond acceptors (Lipinski definition) is 13. The molecule has 0 aliphatic carbocycles. The molecule has 2 rings (SSSR count). The van der Waals surface area contributed by atoms with Gasteiger partial charge in [0.1, 0.15) is 48.8 Å². The zero-order valence-electron chi connectivity index (χ0n) is 49.5. The number of ether oxygens (including phenoxy) is 4. The lowest BCUT2D eigenvalue weighted by molar-refractivity contribution is -0.359. The minimum Gasteiger partial charge on any atom is -0.394 e. The van der Waals surface area contributed by atoms with E-state index in [9.17, 15) is 45.6 Å². The minimum absolute atomic E-state index is 0.198. The summed E-state index contributed by atoms with van der Waals surface area (Å²) >= 11 is 0. The number of hydrogen-bond donors (Lipinski definition) is 9. The lowest BCUT2D eigenvalue weighted by atomic mass is 9.97. The first-order chi connectivity index (χ1) is 37.6. The normalized spacial score (nSPS) is 24.6. The van der Waals surface area contributed by atoms with Crippen molar-refractivity contribution in [3.8, 4) is 0 Å². The van der Waals surface area contributed by atoms with Crippen molar-refractivity contribution >= 4 is 5.91 Å². The number of carbonyl (C=O) groups is 1. The molecule has 77 heavy (non-hydrogen) atoms. The third kappa shape index (κ3) is 34.9. The van der Waals surface area contributed by atoms with Crippen molar-refractivity contribution in [2.24, 2.45) is 0 Å². The van der Waals surface area contributed by atoms with Gasteiger partial charge in [-0.25, -0.2) is 0 Å². The van der Waals surface area contributed by atoms with E-state index in [1.165, 1.54) is 225 Å². The molecular weight excluding hydrogens is 979 g/mol. The standard InChI is InChI=1S/C63H123NO13/c1-3-5-7-9-11-13-15-17-19-21-22-23-24-25-26-27-28-29-31-33-35-37-39-41-43-45-47-55(68)64-51(52(67)46-44-42-40-38-36-34-32-30-20-18-16-14-12-10-8-6-4-2)50-74-62-60(73)58(71)61(54(49-66)76-62)77-63-59(72)57(70)56(69)53(48-65)75-63/h51-54,56-63,65-67,69-73H,3-50H2,1-2H3,(H,64,68)/t51-,52+,53+,54+,56-,57?,58?,59?,60?,61+,62+,63-/m0/s1.